The van der Waals surface area contributed by atoms with Crippen LogP contribution in [0.25, 0.3) is 0 Å². The number of aryl methyl sites for hydroxylation is 1. The van der Waals surface area contributed by atoms with Crippen molar-refractivity contribution in [2.45, 2.75) is 19.6 Å². The Morgan fingerprint density at radius 1 is 1.43 bits per heavy atom. The van der Waals surface area contributed by atoms with Crippen LogP contribution in [0.5, 0.6) is 0 Å². The summed E-state index contributed by atoms with van der Waals surface area (Å²) in [6, 6.07) is 3.40. The zero-order valence-electron chi connectivity index (χ0n) is 13.2. The Balaban J connectivity index is 1.64. The van der Waals surface area contributed by atoms with Crippen molar-refractivity contribution in [3.05, 3.63) is 35.8 Å². The molecule has 0 amide bonds. The van der Waals surface area contributed by atoms with E-state index in [1.54, 1.807) is 12.1 Å². The molecule has 2 aromatic heterocycles. The lowest BCUT2D eigenvalue weighted by Crippen LogP contribution is -2.44. The minimum absolute atomic E-state index is 0.0325. The van der Waals surface area contributed by atoms with Crippen LogP contribution in [0.4, 0.5) is 5.82 Å². The lowest BCUT2D eigenvalue weighted by atomic mass is 10.2. The van der Waals surface area contributed by atoms with Gasteiger partial charge in [0.2, 0.25) is 0 Å². The second-order valence-corrected chi connectivity index (χ2v) is 5.45. The summed E-state index contributed by atoms with van der Waals surface area (Å²) in [7, 11) is 1.32. The van der Waals surface area contributed by atoms with Crippen LogP contribution in [-0.4, -0.2) is 58.9 Å². The van der Waals surface area contributed by atoms with E-state index in [4.69, 9.17) is 4.74 Å². The zero-order valence-corrected chi connectivity index (χ0v) is 13.2. The molecule has 1 fully saturated rings. The van der Waals surface area contributed by atoms with Gasteiger partial charge in [0, 0.05) is 19.3 Å². The number of carbonyl (C=O) groups is 1. The van der Waals surface area contributed by atoms with Crippen LogP contribution in [-0.2, 0) is 16.0 Å². The Bertz CT molecular complexity index is 670. The van der Waals surface area contributed by atoms with E-state index >= 15 is 0 Å². The summed E-state index contributed by atoms with van der Waals surface area (Å²) < 4.78 is 12.3. The van der Waals surface area contributed by atoms with Crippen LogP contribution in [0, 0.1) is 6.92 Å². The molecule has 23 heavy (non-hydrogen) atoms. The van der Waals surface area contributed by atoms with E-state index in [2.05, 4.69) is 24.9 Å². The molecular weight excluding hydrogens is 298 g/mol. The van der Waals surface area contributed by atoms with Crippen LogP contribution in [0.2, 0.25) is 0 Å². The van der Waals surface area contributed by atoms with Crippen molar-refractivity contribution in [2.75, 3.05) is 31.7 Å². The van der Waals surface area contributed by atoms with Crippen molar-refractivity contribution in [3.8, 4) is 0 Å². The molecule has 0 aliphatic carbocycles. The largest absolute Gasteiger partial charge is 0.464 e. The summed E-state index contributed by atoms with van der Waals surface area (Å²) in [4.78, 5) is 13.5. The maximum Gasteiger partial charge on any atom is 0.358 e. The predicted octanol–water partition coefficient (Wildman–Crippen LogP) is 0.674. The third-order valence-electron chi connectivity index (χ3n) is 3.66. The van der Waals surface area contributed by atoms with E-state index in [0.29, 0.717) is 19.7 Å². The number of carbonyl (C=O) groups excluding carboxylic acids is 1. The third kappa shape index (κ3) is 3.65. The number of aromatic nitrogens is 4. The van der Waals surface area contributed by atoms with E-state index < -0.39 is 5.97 Å². The first-order valence-electron chi connectivity index (χ1n) is 7.43. The molecule has 1 atom stereocenters. The van der Waals surface area contributed by atoms with Gasteiger partial charge in [-0.15, -0.1) is 10.2 Å². The fourth-order valence-electron chi connectivity index (χ4n) is 2.52. The monoisotopic (exact) mass is 317 g/mol. The van der Waals surface area contributed by atoms with Gasteiger partial charge >= 0.3 is 5.97 Å². The zero-order chi connectivity index (χ0) is 16.2. The number of hydrogen-bond acceptors (Lipinski definition) is 7. The molecule has 1 aliphatic heterocycles. The van der Waals surface area contributed by atoms with E-state index in [9.17, 15) is 4.79 Å². The molecule has 3 heterocycles. The molecule has 3 rings (SSSR count). The topological polar surface area (TPSA) is 82.4 Å². The van der Waals surface area contributed by atoms with Gasteiger partial charge in [-0.1, -0.05) is 0 Å². The van der Waals surface area contributed by atoms with Crippen LogP contribution >= 0.6 is 0 Å². The molecule has 2 aromatic rings. The summed E-state index contributed by atoms with van der Waals surface area (Å²) in [5.74, 6) is 0.237. The molecule has 1 unspecified atom stereocenters. The number of morpholine rings is 1. The van der Waals surface area contributed by atoms with Crippen LogP contribution in [0.1, 0.15) is 16.1 Å². The highest BCUT2D eigenvalue weighted by Crippen LogP contribution is 2.15. The van der Waals surface area contributed by atoms with Crippen molar-refractivity contribution < 1.29 is 14.3 Å². The normalized spacial score (nSPS) is 18.0. The summed E-state index contributed by atoms with van der Waals surface area (Å²) in [5, 5.41) is 12.3. The lowest BCUT2D eigenvalue weighted by Gasteiger charge is -2.33. The molecule has 122 valence electrons. The third-order valence-corrected chi connectivity index (χ3v) is 3.66. The highest BCUT2D eigenvalue weighted by atomic mass is 16.5. The van der Waals surface area contributed by atoms with Gasteiger partial charge in [-0.05, 0) is 24.6 Å². The molecule has 8 nitrogen and oxygen atoms in total. The first-order valence-corrected chi connectivity index (χ1v) is 7.43. The Morgan fingerprint density at radius 2 is 2.30 bits per heavy atom. The van der Waals surface area contributed by atoms with Crippen LogP contribution in [0.15, 0.2) is 24.5 Å². The van der Waals surface area contributed by atoms with Gasteiger partial charge in [0.05, 0.1) is 32.6 Å². The summed E-state index contributed by atoms with van der Waals surface area (Å²) in [6.45, 7) is 4.76. The Kier molecular flexibility index (Phi) is 4.52. The first kappa shape index (κ1) is 15.4. The summed E-state index contributed by atoms with van der Waals surface area (Å²) >= 11 is 0. The van der Waals surface area contributed by atoms with E-state index in [1.165, 1.54) is 7.11 Å². The van der Waals surface area contributed by atoms with Crippen molar-refractivity contribution in [3.63, 3.8) is 0 Å². The van der Waals surface area contributed by atoms with Crippen molar-refractivity contribution in [2.24, 2.45) is 0 Å². The quantitative estimate of drug-likeness (QED) is 0.767. The molecule has 1 saturated heterocycles. The Morgan fingerprint density at radius 3 is 2.96 bits per heavy atom. The highest BCUT2D eigenvalue weighted by Gasteiger charge is 2.22. The van der Waals surface area contributed by atoms with E-state index in [1.807, 2.05) is 24.0 Å². The smallest absolute Gasteiger partial charge is 0.358 e. The highest BCUT2D eigenvalue weighted by molar-refractivity contribution is 5.86. The van der Waals surface area contributed by atoms with E-state index in [-0.39, 0.29) is 11.8 Å². The summed E-state index contributed by atoms with van der Waals surface area (Å²) in [6.07, 6.45) is 3.86. The SMILES string of the molecule is COC(=O)c1ccc(N2CCOC(Cn3cc(C)cn3)C2)nn1. The van der Waals surface area contributed by atoms with E-state index in [0.717, 1.165) is 17.9 Å². The molecule has 0 spiro atoms. The number of ether oxygens (including phenoxy) is 2. The maximum atomic E-state index is 11.4. The second-order valence-electron chi connectivity index (χ2n) is 5.45. The number of esters is 1. The van der Waals surface area contributed by atoms with Gasteiger partial charge in [0.25, 0.3) is 0 Å². The fourth-order valence-corrected chi connectivity index (χ4v) is 2.52. The minimum atomic E-state index is -0.488. The second kappa shape index (κ2) is 6.74. The molecule has 0 bridgehead atoms. The standard InChI is InChI=1S/C15H19N5O3/c1-11-7-16-20(8-11)10-12-9-19(5-6-23-12)14-4-3-13(17-18-14)15(21)22-2/h3-4,7-8,12H,5-6,9-10H2,1-2H3. The average Bonchev–Trinajstić information content (AvgIpc) is 2.99. The molecule has 0 aromatic carbocycles. The Labute approximate surface area is 134 Å². The molecule has 0 saturated carbocycles. The van der Waals surface area contributed by atoms with Gasteiger partial charge in [-0.25, -0.2) is 4.79 Å². The average molecular weight is 317 g/mol. The molecule has 0 radical (unpaired) electrons. The van der Waals surface area contributed by atoms with Crippen molar-refractivity contribution >= 4 is 11.8 Å². The molecule has 0 N–H and O–H groups in total. The molecule has 1 aliphatic rings. The summed E-state index contributed by atoms with van der Waals surface area (Å²) in [5.41, 5.74) is 1.33. The van der Waals surface area contributed by atoms with Crippen molar-refractivity contribution in [1.29, 1.82) is 0 Å². The lowest BCUT2D eigenvalue weighted by molar-refractivity contribution is 0.0271. The number of hydrogen-bond donors (Lipinski definition) is 0. The molecular formula is C15H19N5O3. The number of methoxy groups -OCH3 is 1. The Hall–Kier alpha value is -2.48. The number of anilines is 1. The fraction of sp³-hybridized carbons (Fsp3) is 0.467. The van der Waals surface area contributed by atoms with Gasteiger partial charge in [0.1, 0.15) is 0 Å². The predicted molar refractivity (Wildman–Crippen MR) is 82.3 cm³/mol. The van der Waals surface area contributed by atoms with Gasteiger partial charge in [-0.3, -0.25) is 4.68 Å². The minimum Gasteiger partial charge on any atom is -0.464 e. The van der Waals surface area contributed by atoms with Crippen LogP contribution in [0.3, 0.4) is 0 Å². The number of rotatable bonds is 4. The van der Waals surface area contributed by atoms with Crippen molar-refractivity contribution in [1.82, 2.24) is 20.0 Å². The maximum absolute atomic E-state index is 11.4. The first-order chi connectivity index (χ1) is 11.2. The van der Waals surface area contributed by atoms with Crippen LogP contribution < -0.4 is 4.90 Å². The van der Waals surface area contributed by atoms with Gasteiger partial charge in [0.15, 0.2) is 11.5 Å². The number of nitrogens with zero attached hydrogens (tertiary/aromatic N) is 5. The van der Waals surface area contributed by atoms with Gasteiger partial charge in [-0.2, -0.15) is 5.10 Å². The molecule has 8 heteroatoms. The van der Waals surface area contributed by atoms with Gasteiger partial charge < -0.3 is 14.4 Å².